The van der Waals surface area contributed by atoms with Crippen LogP contribution in [0.3, 0.4) is 0 Å². The van der Waals surface area contributed by atoms with Gasteiger partial charge in [-0.2, -0.15) is 0 Å². The molecular weight excluding hydrogens is 216 g/mol. The molecule has 0 radical (unpaired) electrons. The van der Waals surface area contributed by atoms with Crippen molar-refractivity contribution in [2.75, 3.05) is 6.54 Å². The van der Waals surface area contributed by atoms with Crippen LogP contribution in [0.2, 0.25) is 0 Å². The highest BCUT2D eigenvalue weighted by Gasteiger charge is 2.17. The van der Waals surface area contributed by atoms with Crippen molar-refractivity contribution < 1.29 is 4.79 Å². The summed E-state index contributed by atoms with van der Waals surface area (Å²) in [4.78, 5) is 15.8. The van der Waals surface area contributed by atoms with Crippen molar-refractivity contribution in [1.29, 1.82) is 0 Å². The standard InChI is InChI=1S/C12H22N4O/c1-5-12(2,3)15-11(17)9-13-8-10-14-6-7-16(10)4/h6-7,13H,5,8-9H2,1-4H3,(H,15,17). The third-order valence-electron chi connectivity index (χ3n) is 2.85. The molecule has 0 aromatic carbocycles. The van der Waals surface area contributed by atoms with Crippen molar-refractivity contribution in [3.05, 3.63) is 18.2 Å². The summed E-state index contributed by atoms with van der Waals surface area (Å²) in [5.41, 5.74) is -0.137. The average Bonchev–Trinajstić information content (AvgIpc) is 2.64. The summed E-state index contributed by atoms with van der Waals surface area (Å²) in [5, 5.41) is 6.05. The van der Waals surface area contributed by atoms with Gasteiger partial charge in [-0.3, -0.25) is 4.79 Å². The predicted octanol–water partition coefficient (Wildman–Crippen LogP) is 0.814. The summed E-state index contributed by atoms with van der Waals surface area (Å²) in [6.07, 6.45) is 4.55. The second kappa shape index (κ2) is 5.82. The van der Waals surface area contributed by atoms with Gasteiger partial charge in [0.15, 0.2) is 0 Å². The molecule has 0 aliphatic carbocycles. The van der Waals surface area contributed by atoms with Crippen molar-refractivity contribution >= 4 is 5.91 Å². The van der Waals surface area contributed by atoms with Crippen LogP contribution in [0.15, 0.2) is 12.4 Å². The molecule has 0 unspecified atom stereocenters. The van der Waals surface area contributed by atoms with E-state index in [2.05, 4.69) is 22.5 Å². The first-order valence-electron chi connectivity index (χ1n) is 5.92. The SMILES string of the molecule is CCC(C)(C)NC(=O)CNCc1nccn1C. The molecule has 17 heavy (non-hydrogen) atoms. The number of imidazole rings is 1. The Balaban J connectivity index is 2.28. The molecule has 2 N–H and O–H groups in total. The first kappa shape index (κ1) is 13.7. The summed E-state index contributed by atoms with van der Waals surface area (Å²) >= 11 is 0. The normalized spacial score (nSPS) is 11.5. The van der Waals surface area contributed by atoms with Crippen LogP contribution in [0.25, 0.3) is 0 Å². The van der Waals surface area contributed by atoms with Gasteiger partial charge in [0.05, 0.1) is 13.1 Å². The molecule has 0 saturated heterocycles. The van der Waals surface area contributed by atoms with Crippen LogP contribution >= 0.6 is 0 Å². The van der Waals surface area contributed by atoms with Gasteiger partial charge >= 0.3 is 0 Å². The molecule has 1 aromatic rings. The zero-order valence-corrected chi connectivity index (χ0v) is 11.1. The number of amides is 1. The van der Waals surface area contributed by atoms with E-state index in [9.17, 15) is 4.79 Å². The van der Waals surface area contributed by atoms with Crippen molar-refractivity contribution in [3.63, 3.8) is 0 Å². The number of nitrogens with zero attached hydrogens (tertiary/aromatic N) is 2. The minimum Gasteiger partial charge on any atom is -0.350 e. The molecule has 1 rings (SSSR count). The molecule has 0 atom stereocenters. The molecule has 0 fully saturated rings. The van der Waals surface area contributed by atoms with E-state index >= 15 is 0 Å². The topological polar surface area (TPSA) is 59.0 Å². The largest absolute Gasteiger partial charge is 0.350 e. The fraction of sp³-hybridized carbons (Fsp3) is 0.667. The van der Waals surface area contributed by atoms with Crippen LogP contribution in [0, 0.1) is 0 Å². The van der Waals surface area contributed by atoms with E-state index in [-0.39, 0.29) is 11.4 Å². The smallest absolute Gasteiger partial charge is 0.234 e. The number of nitrogens with one attached hydrogen (secondary N) is 2. The summed E-state index contributed by atoms with van der Waals surface area (Å²) < 4.78 is 1.93. The van der Waals surface area contributed by atoms with Gasteiger partial charge in [0, 0.05) is 25.0 Å². The van der Waals surface area contributed by atoms with Gasteiger partial charge in [0.1, 0.15) is 5.82 Å². The third-order valence-corrected chi connectivity index (χ3v) is 2.85. The molecule has 0 saturated carbocycles. The molecule has 0 aliphatic rings. The highest BCUT2D eigenvalue weighted by atomic mass is 16.2. The van der Waals surface area contributed by atoms with Gasteiger partial charge in [-0.15, -0.1) is 0 Å². The number of carbonyl (C=O) groups is 1. The van der Waals surface area contributed by atoms with E-state index < -0.39 is 0 Å². The molecule has 0 bridgehead atoms. The number of carbonyl (C=O) groups excluding carboxylic acids is 1. The predicted molar refractivity (Wildman–Crippen MR) is 67.4 cm³/mol. The van der Waals surface area contributed by atoms with Gasteiger partial charge < -0.3 is 15.2 Å². The Bertz CT molecular complexity index is 370. The van der Waals surface area contributed by atoms with E-state index in [0.29, 0.717) is 13.1 Å². The molecule has 5 nitrogen and oxygen atoms in total. The van der Waals surface area contributed by atoms with Crippen molar-refractivity contribution in [1.82, 2.24) is 20.2 Å². The highest BCUT2D eigenvalue weighted by Crippen LogP contribution is 2.05. The van der Waals surface area contributed by atoms with Crippen LogP contribution in [0.1, 0.15) is 33.0 Å². The number of aryl methyl sites for hydroxylation is 1. The fourth-order valence-corrected chi connectivity index (χ4v) is 1.36. The molecule has 5 heteroatoms. The quantitative estimate of drug-likeness (QED) is 0.771. The van der Waals surface area contributed by atoms with Crippen LogP contribution in [-0.2, 0) is 18.4 Å². The Morgan fingerprint density at radius 2 is 2.24 bits per heavy atom. The summed E-state index contributed by atoms with van der Waals surface area (Å²) in [7, 11) is 1.93. The lowest BCUT2D eigenvalue weighted by molar-refractivity contribution is -0.121. The van der Waals surface area contributed by atoms with Gasteiger partial charge in [0.25, 0.3) is 0 Å². The maximum atomic E-state index is 11.6. The summed E-state index contributed by atoms with van der Waals surface area (Å²) in [5.74, 6) is 0.943. The maximum absolute atomic E-state index is 11.6. The highest BCUT2D eigenvalue weighted by molar-refractivity contribution is 5.78. The summed E-state index contributed by atoms with van der Waals surface area (Å²) in [6.45, 7) is 7.01. The van der Waals surface area contributed by atoms with Gasteiger partial charge in [0.2, 0.25) is 5.91 Å². The van der Waals surface area contributed by atoms with Crippen LogP contribution in [0.4, 0.5) is 0 Å². The van der Waals surface area contributed by atoms with Crippen LogP contribution in [-0.4, -0.2) is 27.5 Å². The van der Waals surface area contributed by atoms with Crippen molar-refractivity contribution in [2.45, 2.75) is 39.3 Å². The van der Waals surface area contributed by atoms with Gasteiger partial charge in [-0.1, -0.05) is 6.92 Å². The Labute approximate surface area is 103 Å². The van der Waals surface area contributed by atoms with E-state index in [1.54, 1.807) is 6.20 Å². The van der Waals surface area contributed by atoms with Gasteiger partial charge in [-0.25, -0.2) is 4.98 Å². The maximum Gasteiger partial charge on any atom is 0.234 e. The Morgan fingerprint density at radius 3 is 2.76 bits per heavy atom. The molecule has 1 heterocycles. The minimum absolute atomic E-state index is 0.0195. The molecule has 1 amide bonds. The third kappa shape index (κ3) is 4.56. The number of hydrogen-bond donors (Lipinski definition) is 2. The van der Waals surface area contributed by atoms with E-state index in [1.807, 2.05) is 31.7 Å². The zero-order chi connectivity index (χ0) is 12.9. The molecular formula is C12H22N4O. The minimum atomic E-state index is -0.137. The zero-order valence-electron chi connectivity index (χ0n) is 11.1. The molecule has 0 aliphatic heterocycles. The monoisotopic (exact) mass is 238 g/mol. The van der Waals surface area contributed by atoms with Crippen molar-refractivity contribution in [3.8, 4) is 0 Å². The Hall–Kier alpha value is -1.36. The molecule has 1 aromatic heterocycles. The van der Waals surface area contributed by atoms with Gasteiger partial charge in [-0.05, 0) is 20.3 Å². The second-order valence-electron chi connectivity index (χ2n) is 4.84. The van der Waals surface area contributed by atoms with Crippen LogP contribution < -0.4 is 10.6 Å². The number of rotatable bonds is 6. The number of aromatic nitrogens is 2. The fourth-order valence-electron chi connectivity index (χ4n) is 1.36. The Kier molecular flexibility index (Phi) is 4.69. The van der Waals surface area contributed by atoms with Crippen molar-refractivity contribution in [2.24, 2.45) is 7.05 Å². The van der Waals surface area contributed by atoms with E-state index in [1.165, 1.54) is 0 Å². The van der Waals surface area contributed by atoms with E-state index in [4.69, 9.17) is 0 Å². The first-order valence-corrected chi connectivity index (χ1v) is 5.92. The Morgan fingerprint density at radius 1 is 1.53 bits per heavy atom. The number of hydrogen-bond acceptors (Lipinski definition) is 3. The lowest BCUT2D eigenvalue weighted by Gasteiger charge is -2.24. The van der Waals surface area contributed by atoms with Crippen LogP contribution in [0.5, 0.6) is 0 Å². The molecule has 0 spiro atoms. The lowest BCUT2D eigenvalue weighted by Crippen LogP contribution is -2.46. The first-order chi connectivity index (χ1) is 7.94. The second-order valence-corrected chi connectivity index (χ2v) is 4.84. The lowest BCUT2D eigenvalue weighted by atomic mass is 10.0. The summed E-state index contributed by atoms with van der Waals surface area (Å²) in [6, 6.07) is 0. The van der Waals surface area contributed by atoms with E-state index in [0.717, 1.165) is 12.2 Å². The average molecular weight is 238 g/mol. The molecule has 96 valence electrons.